The average Bonchev–Trinajstić information content (AvgIpc) is 3.07. The minimum atomic E-state index is -3.83. The molecule has 3 aromatic carbocycles. The molecule has 0 atom stereocenters. The molecule has 238 valence electrons. The topological polar surface area (TPSA) is 115 Å². The molecule has 1 aromatic heterocycles. The SMILES string of the molecule is COc1ccc(NC(=O)COC(=O)c2c3c(nc4ccccc24)/C(=C/c2ccc(Cl)cc2)CCC3)cc1S(=O)(=O)N1CCCCC1. The van der Waals surface area contributed by atoms with E-state index >= 15 is 0 Å². The molecule has 0 spiro atoms. The number of sulfonamides is 1. The average molecular weight is 660 g/mol. The Balaban J connectivity index is 1.23. The minimum Gasteiger partial charge on any atom is -0.495 e. The van der Waals surface area contributed by atoms with E-state index in [9.17, 15) is 18.0 Å². The van der Waals surface area contributed by atoms with Gasteiger partial charge in [-0.25, -0.2) is 18.2 Å². The van der Waals surface area contributed by atoms with Crippen molar-refractivity contribution in [2.24, 2.45) is 0 Å². The Hall–Kier alpha value is -4.25. The second kappa shape index (κ2) is 13.6. The molecule has 46 heavy (non-hydrogen) atoms. The number of fused-ring (bicyclic) bond motifs is 2. The van der Waals surface area contributed by atoms with Crippen LogP contribution in [0.2, 0.25) is 5.02 Å². The fourth-order valence-electron chi connectivity index (χ4n) is 6.07. The van der Waals surface area contributed by atoms with E-state index in [1.807, 2.05) is 48.5 Å². The first-order valence-electron chi connectivity index (χ1n) is 15.3. The van der Waals surface area contributed by atoms with Gasteiger partial charge in [-0.05, 0) is 91.3 Å². The molecule has 1 aliphatic heterocycles. The van der Waals surface area contributed by atoms with E-state index in [-0.39, 0.29) is 16.3 Å². The van der Waals surface area contributed by atoms with Gasteiger partial charge in [0.25, 0.3) is 5.91 Å². The summed E-state index contributed by atoms with van der Waals surface area (Å²) in [7, 11) is -2.42. The molecule has 4 aromatic rings. The van der Waals surface area contributed by atoms with E-state index in [0.29, 0.717) is 41.0 Å². The van der Waals surface area contributed by atoms with E-state index < -0.39 is 28.5 Å². The summed E-state index contributed by atoms with van der Waals surface area (Å²) in [6, 6.07) is 19.4. The van der Waals surface area contributed by atoms with Crippen LogP contribution in [0.25, 0.3) is 22.6 Å². The number of para-hydroxylation sites is 1. The number of nitrogens with zero attached hydrogens (tertiary/aromatic N) is 2. The molecule has 1 amide bonds. The van der Waals surface area contributed by atoms with Crippen molar-refractivity contribution in [3.8, 4) is 5.75 Å². The van der Waals surface area contributed by atoms with Crippen LogP contribution in [0.5, 0.6) is 5.75 Å². The lowest BCUT2D eigenvalue weighted by Gasteiger charge is -2.26. The zero-order chi connectivity index (χ0) is 32.3. The lowest BCUT2D eigenvalue weighted by molar-refractivity contribution is -0.119. The molecule has 1 aliphatic carbocycles. The number of aromatic nitrogens is 1. The third kappa shape index (κ3) is 6.65. The number of anilines is 1. The maximum atomic E-state index is 13.7. The normalized spacial score (nSPS) is 16.2. The highest BCUT2D eigenvalue weighted by molar-refractivity contribution is 7.89. The number of amides is 1. The van der Waals surface area contributed by atoms with Gasteiger partial charge < -0.3 is 14.8 Å². The Labute approximate surface area is 273 Å². The number of carbonyl (C=O) groups is 2. The van der Waals surface area contributed by atoms with E-state index in [4.69, 9.17) is 26.1 Å². The molecule has 0 unspecified atom stereocenters. The lowest BCUT2D eigenvalue weighted by atomic mass is 9.86. The summed E-state index contributed by atoms with van der Waals surface area (Å²) in [5.41, 5.74) is 4.83. The summed E-state index contributed by atoms with van der Waals surface area (Å²) in [4.78, 5) is 31.6. The molecule has 9 nitrogen and oxygen atoms in total. The third-order valence-electron chi connectivity index (χ3n) is 8.30. The van der Waals surface area contributed by atoms with Crippen LogP contribution in [-0.2, 0) is 26.0 Å². The molecular formula is C35H34ClN3O6S. The number of esters is 1. The van der Waals surface area contributed by atoms with Crippen molar-refractivity contribution in [1.29, 1.82) is 0 Å². The number of rotatable bonds is 8. The highest BCUT2D eigenvalue weighted by Gasteiger charge is 2.30. The van der Waals surface area contributed by atoms with Gasteiger partial charge in [0.2, 0.25) is 10.0 Å². The van der Waals surface area contributed by atoms with Crippen molar-refractivity contribution in [3.63, 3.8) is 0 Å². The van der Waals surface area contributed by atoms with Crippen LogP contribution in [0.15, 0.2) is 71.6 Å². The first-order valence-corrected chi connectivity index (χ1v) is 17.1. The van der Waals surface area contributed by atoms with Crippen molar-refractivity contribution in [2.45, 2.75) is 43.4 Å². The molecule has 0 radical (unpaired) electrons. The highest BCUT2D eigenvalue weighted by atomic mass is 35.5. The molecular weight excluding hydrogens is 626 g/mol. The van der Waals surface area contributed by atoms with Crippen LogP contribution in [0, 0.1) is 0 Å². The van der Waals surface area contributed by atoms with Crippen molar-refractivity contribution in [1.82, 2.24) is 9.29 Å². The fraction of sp³-hybridized carbons (Fsp3) is 0.286. The van der Waals surface area contributed by atoms with E-state index in [0.717, 1.165) is 54.5 Å². The van der Waals surface area contributed by atoms with Crippen LogP contribution in [0.4, 0.5) is 5.69 Å². The van der Waals surface area contributed by atoms with Crippen LogP contribution in [-0.4, -0.2) is 56.4 Å². The Morgan fingerprint density at radius 3 is 2.50 bits per heavy atom. The summed E-state index contributed by atoms with van der Waals surface area (Å²) in [6.45, 7) is 0.311. The van der Waals surface area contributed by atoms with Crippen molar-refractivity contribution in [3.05, 3.63) is 94.1 Å². The number of halogens is 1. The van der Waals surface area contributed by atoms with Crippen molar-refractivity contribution < 1.29 is 27.5 Å². The maximum absolute atomic E-state index is 13.7. The molecule has 1 N–H and O–H groups in total. The molecule has 2 heterocycles. The van der Waals surface area contributed by atoms with Gasteiger partial charge in [0.15, 0.2) is 6.61 Å². The third-order valence-corrected chi connectivity index (χ3v) is 10.5. The predicted octanol–water partition coefficient (Wildman–Crippen LogP) is 6.74. The van der Waals surface area contributed by atoms with E-state index in [2.05, 4.69) is 11.4 Å². The smallest absolute Gasteiger partial charge is 0.339 e. The molecule has 0 saturated carbocycles. The molecule has 2 aliphatic rings. The summed E-state index contributed by atoms with van der Waals surface area (Å²) in [6.07, 6.45) is 6.90. The Bertz CT molecular complexity index is 1940. The summed E-state index contributed by atoms with van der Waals surface area (Å²) in [5, 5.41) is 3.97. The van der Waals surface area contributed by atoms with Crippen molar-refractivity contribution in [2.75, 3.05) is 32.1 Å². The maximum Gasteiger partial charge on any atom is 0.339 e. The van der Waals surface area contributed by atoms with Gasteiger partial charge in [-0.1, -0.05) is 48.4 Å². The summed E-state index contributed by atoms with van der Waals surface area (Å²) >= 11 is 6.08. The number of allylic oxidation sites excluding steroid dienone is 1. The fourth-order valence-corrected chi connectivity index (χ4v) is 7.89. The monoisotopic (exact) mass is 659 g/mol. The predicted molar refractivity (Wildman–Crippen MR) is 179 cm³/mol. The lowest BCUT2D eigenvalue weighted by Crippen LogP contribution is -2.35. The summed E-state index contributed by atoms with van der Waals surface area (Å²) < 4.78 is 39.1. The number of piperidine rings is 1. The van der Waals surface area contributed by atoms with Crippen LogP contribution in [0.3, 0.4) is 0 Å². The second-order valence-electron chi connectivity index (χ2n) is 11.4. The van der Waals surface area contributed by atoms with Crippen LogP contribution < -0.4 is 10.1 Å². The van der Waals surface area contributed by atoms with E-state index in [1.165, 1.54) is 23.5 Å². The number of ether oxygens (including phenoxy) is 2. The quantitative estimate of drug-likeness (QED) is 0.208. The molecule has 1 saturated heterocycles. The zero-order valence-corrected chi connectivity index (χ0v) is 27.0. The van der Waals surface area contributed by atoms with Gasteiger partial charge in [0.05, 0.1) is 23.9 Å². The zero-order valence-electron chi connectivity index (χ0n) is 25.4. The van der Waals surface area contributed by atoms with Gasteiger partial charge in [-0.3, -0.25) is 4.79 Å². The standard InChI is InChI=1S/C35H34ClN3O6S/c1-44-30-17-16-26(21-31(30)46(42,43)39-18-5-2-6-19-39)37-32(40)22-45-35(41)33-27-9-3-4-11-29(27)38-34-24(8-7-10-28(33)34)20-23-12-14-25(36)15-13-23/h3-4,9,11-17,20-21H,2,5-8,10,18-19,22H2,1H3,(H,37,40)/b24-20+. The van der Waals surface area contributed by atoms with Crippen molar-refractivity contribution >= 4 is 61.7 Å². The van der Waals surface area contributed by atoms with Crippen LogP contribution in [0.1, 0.15) is 59.3 Å². The minimum absolute atomic E-state index is 0.0240. The van der Waals surface area contributed by atoms with Gasteiger partial charge >= 0.3 is 5.97 Å². The largest absolute Gasteiger partial charge is 0.495 e. The van der Waals surface area contributed by atoms with Crippen LogP contribution >= 0.6 is 11.6 Å². The Kier molecular flexibility index (Phi) is 9.39. The molecule has 6 rings (SSSR count). The first-order chi connectivity index (χ1) is 22.2. The van der Waals surface area contributed by atoms with E-state index in [1.54, 1.807) is 6.07 Å². The first kappa shape index (κ1) is 31.7. The number of nitrogens with one attached hydrogen (secondary N) is 1. The van der Waals surface area contributed by atoms with Gasteiger partial charge in [0.1, 0.15) is 10.6 Å². The number of hydrogen-bond donors (Lipinski definition) is 1. The molecule has 11 heteroatoms. The number of hydrogen-bond acceptors (Lipinski definition) is 7. The number of carbonyl (C=O) groups excluding carboxylic acids is 2. The Morgan fingerprint density at radius 2 is 1.74 bits per heavy atom. The Morgan fingerprint density at radius 1 is 0.978 bits per heavy atom. The number of benzene rings is 3. The number of pyridine rings is 1. The highest BCUT2D eigenvalue weighted by Crippen LogP contribution is 2.37. The number of methoxy groups -OCH3 is 1. The van der Waals surface area contributed by atoms with Gasteiger partial charge in [-0.2, -0.15) is 4.31 Å². The molecule has 0 bridgehead atoms. The van der Waals surface area contributed by atoms with Gasteiger partial charge in [-0.15, -0.1) is 0 Å². The molecule has 1 fully saturated rings. The summed E-state index contributed by atoms with van der Waals surface area (Å²) in [5.74, 6) is -1.04. The second-order valence-corrected chi connectivity index (χ2v) is 13.7. The van der Waals surface area contributed by atoms with Gasteiger partial charge in [0, 0.05) is 29.2 Å².